The fraction of sp³-hybridized carbons (Fsp3) is 0.471. The fourth-order valence-electron chi connectivity index (χ4n) is 3.21. The molecule has 2 aromatic rings. The Kier molecular flexibility index (Phi) is 4.45. The quantitative estimate of drug-likeness (QED) is 0.662. The molecule has 1 aromatic heterocycles. The molecule has 3 rings (SSSR count). The number of rotatable bonds is 3. The lowest BCUT2D eigenvalue weighted by atomic mass is 10.0. The van der Waals surface area contributed by atoms with Gasteiger partial charge in [0.15, 0.2) is 5.13 Å². The number of phenolic OH excluding ortho intramolecular Hbond substituents is 1. The van der Waals surface area contributed by atoms with Gasteiger partial charge in [-0.05, 0) is 44.2 Å². The van der Waals surface area contributed by atoms with Crippen LogP contribution < -0.4 is 4.90 Å². The average molecular weight is 347 g/mol. The molecule has 7 heteroatoms. The van der Waals surface area contributed by atoms with Crippen LogP contribution in [-0.2, 0) is 0 Å². The minimum absolute atomic E-state index is 0.273. The van der Waals surface area contributed by atoms with Crippen LogP contribution >= 0.6 is 11.3 Å². The van der Waals surface area contributed by atoms with Gasteiger partial charge < -0.3 is 10.0 Å². The van der Waals surface area contributed by atoms with Crippen LogP contribution in [0.1, 0.15) is 30.2 Å². The number of benzene rings is 1. The summed E-state index contributed by atoms with van der Waals surface area (Å²) in [6.07, 6.45) is 2.38. The molecule has 0 amide bonds. The Hall–Kier alpha value is -2.15. The highest BCUT2D eigenvalue weighted by Crippen LogP contribution is 2.42. The number of piperidine rings is 1. The van der Waals surface area contributed by atoms with E-state index in [0.717, 1.165) is 35.1 Å². The number of anilines is 1. The summed E-state index contributed by atoms with van der Waals surface area (Å²) in [7, 11) is 0. The van der Waals surface area contributed by atoms with Crippen molar-refractivity contribution in [3.8, 4) is 17.0 Å². The van der Waals surface area contributed by atoms with E-state index in [1.807, 2.05) is 6.92 Å². The highest BCUT2D eigenvalue weighted by atomic mass is 32.1. The Morgan fingerprint density at radius 2 is 2.17 bits per heavy atom. The number of nitrogens with zero attached hydrogens (tertiary/aromatic N) is 3. The first-order valence-electron chi connectivity index (χ1n) is 8.07. The third-order valence-corrected chi connectivity index (χ3v) is 5.43. The van der Waals surface area contributed by atoms with Crippen LogP contribution in [0, 0.1) is 29.9 Å². The number of phenols is 1. The van der Waals surface area contributed by atoms with Crippen LogP contribution in [0.25, 0.3) is 11.3 Å². The summed E-state index contributed by atoms with van der Waals surface area (Å²) in [5, 5.41) is 22.4. The van der Waals surface area contributed by atoms with Crippen molar-refractivity contribution >= 4 is 22.2 Å². The molecule has 0 saturated carbocycles. The van der Waals surface area contributed by atoms with Crippen molar-refractivity contribution in [1.29, 1.82) is 0 Å². The molecule has 0 bridgehead atoms. The number of aryl methyl sites for hydroxylation is 2. The number of hydrogen-bond acceptors (Lipinski definition) is 6. The van der Waals surface area contributed by atoms with Gasteiger partial charge in [0, 0.05) is 24.0 Å². The molecule has 1 atom stereocenters. The minimum atomic E-state index is -0.555. The number of aromatic nitrogens is 1. The van der Waals surface area contributed by atoms with Gasteiger partial charge in [-0.1, -0.05) is 6.92 Å². The molecule has 0 unspecified atom stereocenters. The zero-order valence-electron chi connectivity index (χ0n) is 14.1. The van der Waals surface area contributed by atoms with E-state index in [-0.39, 0.29) is 11.4 Å². The maximum Gasteiger partial charge on any atom is 0.311 e. The van der Waals surface area contributed by atoms with Gasteiger partial charge in [-0.3, -0.25) is 10.1 Å². The van der Waals surface area contributed by atoms with E-state index in [4.69, 9.17) is 4.98 Å². The van der Waals surface area contributed by atoms with E-state index in [0.29, 0.717) is 17.2 Å². The Morgan fingerprint density at radius 1 is 1.42 bits per heavy atom. The number of thiazole rings is 1. The number of nitro benzene ring substituents is 1. The minimum Gasteiger partial charge on any atom is -0.502 e. The van der Waals surface area contributed by atoms with Gasteiger partial charge in [-0.25, -0.2) is 4.98 Å². The molecule has 1 N–H and O–H groups in total. The lowest BCUT2D eigenvalue weighted by Crippen LogP contribution is -2.34. The molecule has 1 saturated heterocycles. The van der Waals surface area contributed by atoms with Crippen molar-refractivity contribution in [2.45, 2.75) is 33.6 Å². The SMILES string of the molecule is Cc1cc(-c2nc(N3CCC[C@@H](C)C3)sc2C)c(O)c([N+](=O)[O-])c1. The van der Waals surface area contributed by atoms with Gasteiger partial charge in [0.05, 0.1) is 16.2 Å². The summed E-state index contributed by atoms with van der Waals surface area (Å²) in [4.78, 5) is 18.5. The highest BCUT2D eigenvalue weighted by Gasteiger charge is 2.25. The first-order chi connectivity index (χ1) is 11.4. The largest absolute Gasteiger partial charge is 0.502 e. The van der Waals surface area contributed by atoms with Gasteiger partial charge in [-0.2, -0.15) is 0 Å². The molecule has 1 aliphatic heterocycles. The van der Waals surface area contributed by atoms with Crippen LogP contribution in [0.2, 0.25) is 0 Å². The van der Waals surface area contributed by atoms with Crippen LogP contribution in [0.3, 0.4) is 0 Å². The van der Waals surface area contributed by atoms with Crippen LogP contribution in [0.4, 0.5) is 10.8 Å². The van der Waals surface area contributed by atoms with E-state index in [1.165, 1.54) is 12.5 Å². The van der Waals surface area contributed by atoms with E-state index < -0.39 is 4.92 Å². The number of hydrogen-bond donors (Lipinski definition) is 1. The molecule has 1 fully saturated rings. The molecule has 128 valence electrons. The van der Waals surface area contributed by atoms with Gasteiger partial charge in [0.1, 0.15) is 0 Å². The van der Waals surface area contributed by atoms with Crippen molar-refractivity contribution in [3.63, 3.8) is 0 Å². The first kappa shape index (κ1) is 16.7. The summed E-state index contributed by atoms with van der Waals surface area (Å²) in [5.74, 6) is 0.331. The first-order valence-corrected chi connectivity index (χ1v) is 8.89. The summed E-state index contributed by atoms with van der Waals surface area (Å²) < 4.78 is 0. The fourth-order valence-corrected chi connectivity index (χ4v) is 4.17. The molecule has 24 heavy (non-hydrogen) atoms. The summed E-state index contributed by atoms with van der Waals surface area (Å²) >= 11 is 1.58. The Balaban J connectivity index is 2.03. The van der Waals surface area contributed by atoms with Crippen molar-refractivity contribution in [3.05, 3.63) is 32.7 Å². The maximum absolute atomic E-state index is 11.2. The van der Waals surface area contributed by atoms with Crippen LogP contribution in [0.15, 0.2) is 12.1 Å². The second-order valence-corrected chi connectivity index (χ2v) is 7.71. The number of aromatic hydroxyl groups is 1. The Morgan fingerprint density at radius 3 is 2.83 bits per heavy atom. The van der Waals surface area contributed by atoms with E-state index >= 15 is 0 Å². The third-order valence-electron chi connectivity index (χ3n) is 4.40. The second kappa shape index (κ2) is 6.39. The smallest absolute Gasteiger partial charge is 0.311 e. The summed E-state index contributed by atoms with van der Waals surface area (Å²) in [6.45, 7) is 7.93. The molecule has 6 nitrogen and oxygen atoms in total. The lowest BCUT2D eigenvalue weighted by molar-refractivity contribution is -0.385. The van der Waals surface area contributed by atoms with Crippen molar-refractivity contribution in [2.75, 3.05) is 18.0 Å². The molecule has 0 spiro atoms. The van der Waals surface area contributed by atoms with E-state index in [2.05, 4.69) is 11.8 Å². The molecule has 0 radical (unpaired) electrons. The predicted octanol–water partition coefficient (Wildman–Crippen LogP) is 4.28. The van der Waals surface area contributed by atoms with Crippen molar-refractivity contribution < 1.29 is 10.0 Å². The average Bonchev–Trinajstić information content (AvgIpc) is 2.91. The summed E-state index contributed by atoms with van der Waals surface area (Å²) in [6, 6.07) is 3.14. The van der Waals surface area contributed by atoms with Crippen LogP contribution in [0.5, 0.6) is 5.75 Å². The van der Waals surface area contributed by atoms with Gasteiger partial charge >= 0.3 is 5.69 Å². The van der Waals surface area contributed by atoms with Gasteiger partial charge in [-0.15, -0.1) is 11.3 Å². The normalized spacial score (nSPS) is 18.0. The zero-order chi connectivity index (χ0) is 17.4. The standard InChI is InChI=1S/C17H21N3O3S/c1-10-5-4-6-19(9-10)17-18-15(12(3)24-17)13-7-11(2)8-14(16(13)21)20(22)23/h7-8,10,21H,4-6,9H2,1-3H3/t10-/m1/s1. The lowest BCUT2D eigenvalue weighted by Gasteiger charge is -2.30. The van der Waals surface area contributed by atoms with E-state index in [9.17, 15) is 15.2 Å². The van der Waals surface area contributed by atoms with Crippen molar-refractivity contribution in [2.24, 2.45) is 5.92 Å². The maximum atomic E-state index is 11.2. The van der Waals surface area contributed by atoms with E-state index in [1.54, 1.807) is 24.3 Å². The third kappa shape index (κ3) is 3.08. The second-order valence-electron chi connectivity index (χ2n) is 6.53. The molecule has 1 aliphatic rings. The molecule has 1 aromatic carbocycles. The summed E-state index contributed by atoms with van der Waals surface area (Å²) in [5.41, 5.74) is 1.53. The zero-order valence-corrected chi connectivity index (χ0v) is 14.9. The Bertz CT molecular complexity index is 788. The molecular weight excluding hydrogens is 326 g/mol. The predicted molar refractivity (Wildman–Crippen MR) is 96.0 cm³/mol. The topological polar surface area (TPSA) is 79.5 Å². The highest BCUT2D eigenvalue weighted by molar-refractivity contribution is 7.16. The van der Waals surface area contributed by atoms with Crippen molar-refractivity contribution in [1.82, 2.24) is 4.98 Å². The van der Waals surface area contributed by atoms with Gasteiger partial charge in [0.2, 0.25) is 5.75 Å². The molecule has 2 heterocycles. The molecule has 0 aliphatic carbocycles. The Labute approximate surface area is 144 Å². The molecular formula is C17H21N3O3S. The number of nitro groups is 1. The van der Waals surface area contributed by atoms with Gasteiger partial charge in [0.25, 0.3) is 0 Å². The van der Waals surface area contributed by atoms with Crippen LogP contribution in [-0.4, -0.2) is 28.1 Å². The monoisotopic (exact) mass is 347 g/mol.